The molecule has 0 spiro atoms. The second-order valence-corrected chi connectivity index (χ2v) is 6.56. The molecule has 3 aromatic rings. The van der Waals surface area contributed by atoms with Crippen LogP contribution in [0.2, 0.25) is 0 Å². The Kier molecular flexibility index (Phi) is 4.30. The predicted molar refractivity (Wildman–Crippen MR) is 102 cm³/mol. The van der Waals surface area contributed by atoms with Crippen molar-refractivity contribution >= 4 is 17.1 Å². The minimum Gasteiger partial charge on any atom is -0.398 e. The summed E-state index contributed by atoms with van der Waals surface area (Å²) >= 11 is 0. The van der Waals surface area contributed by atoms with Gasteiger partial charge in [-0.1, -0.05) is 5.16 Å². The fourth-order valence-electron chi connectivity index (χ4n) is 3.42. The molecule has 0 saturated heterocycles. The van der Waals surface area contributed by atoms with Crippen molar-refractivity contribution in [3.05, 3.63) is 70.9 Å². The van der Waals surface area contributed by atoms with E-state index >= 15 is 0 Å². The first-order valence-electron chi connectivity index (χ1n) is 8.69. The Labute approximate surface area is 156 Å². The molecule has 0 fully saturated rings. The smallest absolute Gasteiger partial charge is 0.133 e. The van der Waals surface area contributed by atoms with Gasteiger partial charge < -0.3 is 15.6 Å². The highest BCUT2D eigenvalue weighted by atomic mass is 16.5. The third kappa shape index (κ3) is 3.25. The van der Waals surface area contributed by atoms with Gasteiger partial charge in [0.15, 0.2) is 0 Å². The molecule has 1 unspecified atom stereocenters. The Bertz CT molecular complexity index is 1040. The van der Waals surface area contributed by atoms with Gasteiger partial charge in [-0.25, -0.2) is 0 Å². The summed E-state index contributed by atoms with van der Waals surface area (Å²) in [7, 11) is 0. The van der Waals surface area contributed by atoms with E-state index in [0.29, 0.717) is 22.4 Å². The Morgan fingerprint density at radius 3 is 3.00 bits per heavy atom. The molecule has 7 heteroatoms. The van der Waals surface area contributed by atoms with Crippen LogP contribution in [0.5, 0.6) is 0 Å². The highest BCUT2D eigenvalue weighted by molar-refractivity contribution is 6.13. The van der Waals surface area contributed by atoms with E-state index in [1.807, 2.05) is 18.2 Å². The van der Waals surface area contributed by atoms with Gasteiger partial charge in [0.05, 0.1) is 34.8 Å². The van der Waals surface area contributed by atoms with Crippen molar-refractivity contribution in [2.75, 3.05) is 11.1 Å². The van der Waals surface area contributed by atoms with Crippen LogP contribution in [0, 0.1) is 16.7 Å². The van der Waals surface area contributed by atoms with Crippen LogP contribution in [-0.2, 0) is 6.42 Å². The minimum absolute atomic E-state index is 0.0581. The number of rotatable bonds is 4. The molecule has 0 radical (unpaired) electrons. The maximum Gasteiger partial charge on any atom is 0.133 e. The van der Waals surface area contributed by atoms with E-state index in [4.69, 9.17) is 20.9 Å². The molecule has 4 N–H and O–H groups in total. The molecule has 7 nitrogen and oxygen atoms in total. The molecule has 1 aromatic carbocycles. The van der Waals surface area contributed by atoms with Crippen molar-refractivity contribution in [3.63, 3.8) is 0 Å². The molecule has 0 aliphatic heterocycles. The quantitative estimate of drug-likeness (QED) is 0.485. The molecule has 0 saturated carbocycles. The zero-order chi connectivity index (χ0) is 18.8. The highest BCUT2D eigenvalue weighted by Crippen LogP contribution is 2.32. The molecule has 1 aliphatic carbocycles. The van der Waals surface area contributed by atoms with Crippen molar-refractivity contribution in [3.8, 4) is 6.07 Å². The lowest BCUT2D eigenvalue weighted by Crippen LogP contribution is -2.19. The van der Waals surface area contributed by atoms with Crippen LogP contribution in [0.3, 0.4) is 0 Å². The third-order valence-electron chi connectivity index (χ3n) is 4.78. The van der Waals surface area contributed by atoms with Crippen LogP contribution in [0.1, 0.15) is 46.8 Å². The fraction of sp³-hybridized carbons (Fsp3) is 0.200. The number of hydrogen-bond acceptors (Lipinski definition) is 7. The SMILES string of the molecule is N#Cc1cnc2c(c1)CCCC2Nc1ccc(N)c(C(=N)c2cnoc2)c1. The fourth-order valence-corrected chi connectivity index (χ4v) is 3.42. The monoisotopic (exact) mass is 358 g/mol. The largest absolute Gasteiger partial charge is 0.398 e. The van der Waals surface area contributed by atoms with E-state index in [-0.39, 0.29) is 11.8 Å². The predicted octanol–water partition coefficient (Wildman–Crippen LogP) is 3.43. The second-order valence-electron chi connectivity index (χ2n) is 6.56. The zero-order valence-electron chi connectivity index (χ0n) is 14.6. The number of aryl methyl sites for hydroxylation is 1. The number of benzene rings is 1. The molecular weight excluding hydrogens is 340 g/mol. The molecular formula is C20H18N6O. The van der Waals surface area contributed by atoms with E-state index in [1.54, 1.807) is 12.3 Å². The van der Waals surface area contributed by atoms with Crippen LogP contribution in [0.15, 0.2) is 47.4 Å². The van der Waals surface area contributed by atoms with E-state index in [0.717, 1.165) is 36.2 Å². The molecule has 0 amide bonds. The van der Waals surface area contributed by atoms with Crippen LogP contribution < -0.4 is 11.1 Å². The van der Waals surface area contributed by atoms with Crippen LogP contribution in [0.25, 0.3) is 0 Å². The molecule has 1 atom stereocenters. The molecule has 134 valence electrons. The normalized spacial score (nSPS) is 15.6. The van der Waals surface area contributed by atoms with Crippen molar-refractivity contribution in [2.45, 2.75) is 25.3 Å². The topological polar surface area (TPSA) is 125 Å². The lowest BCUT2D eigenvalue weighted by atomic mass is 9.90. The van der Waals surface area contributed by atoms with Crippen molar-refractivity contribution < 1.29 is 4.52 Å². The van der Waals surface area contributed by atoms with Gasteiger partial charge in [-0.3, -0.25) is 10.4 Å². The lowest BCUT2D eigenvalue weighted by molar-refractivity contribution is 0.419. The summed E-state index contributed by atoms with van der Waals surface area (Å²) in [6.07, 6.45) is 7.45. The number of nitrogens with one attached hydrogen (secondary N) is 2. The third-order valence-corrected chi connectivity index (χ3v) is 4.78. The number of nitrogens with two attached hydrogens (primary N) is 1. The van der Waals surface area contributed by atoms with E-state index in [9.17, 15) is 0 Å². The van der Waals surface area contributed by atoms with Gasteiger partial charge in [0.25, 0.3) is 0 Å². The van der Waals surface area contributed by atoms with Gasteiger partial charge in [0.1, 0.15) is 12.3 Å². The first-order chi connectivity index (χ1) is 13.2. The highest BCUT2D eigenvalue weighted by Gasteiger charge is 2.22. The van der Waals surface area contributed by atoms with Crippen LogP contribution >= 0.6 is 0 Å². The van der Waals surface area contributed by atoms with Gasteiger partial charge in [0.2, 0.25) is 0 Å². The number of nitrogens with zero attached hydrogens (tertiary/aromatic N) is 3. The average Bonchev–Trinajstić information content (AvgIpc) is 3.23. The average molecular weight is 358 g/mol. The summed E-state index contributed by atoms with van der Waals surface area (Å²) in [5.41, 5.74) is 11.6. The summed E-state index contributed by atoms with van der Waals surface area (Å²) < 4.78 is 4.83. The Morgan fingerprint density at radius 1 is 1.33 bits per heavy atom. The van der Waals surface area contributed by atoms with Crippen LogP contribution in [0.4, 0.5) is 11.4 Å². The number of pyridine rings is 1. The maximum atomic E-state index is 9.08. The Balaban J connectivity index is 1.62. The Morgan fingerprint density at radius 2 is 2.22 bits per heavy atom. The summed E-state index contributed by atoms with van der Waals surface area (Å²) in [5.74, 6) is 0. The van der Waals surface area contributed by atoms with Gasteiger partial charge in [-0.15, -0.1) is 0 Å². The molecule has 1 aliphatic rings. The molecule has 2 heterocycles. The second kappa shape index (κ2) is 6.92. The van der Waals surface area contributed by atoms with E-state index in [1.165, 1.54) is 12.5 Å². The standard InChI is InChI=1S/C20H18N6O/c21-8-12-6-13-2-1-3-18(20(13)24-9-12)26-15-4-5-17(22)16(7-15)19(23)14-10-25-27-11-14/h4-7,9-11,18,23,26H,1-3,22H2. The number of fused-ring (bicyclic) bond motifs is 1. The van der Waals surface area contributed by atoms with Crippen LogP contribution in [-0.4, -0.2) is 15.9 Å². The summed E-state index contributed by atoms with van der Waals surface area (Å²) in [4.78, 5) is 4.51. The lowest BCUT2D eigenvalue weighted by Gasteiger charge is -2.26. The zero-order valence-corrected chi connectivity index (χ0v) is 14.6. The summed E-state index contributed by atoms with van der Waals surface area (Å²) in [6.45, 7) is 0. The molecule has 0 bridgehead atoms. The van der Waals surface area contributed by atoms with Crippen molar-refractivity contribution in [1.82, 2.24) is 10.1 Å². The first-order valence-corrected chi connectivity index (χ1v) is 8.69. The maximum absolute atomic E-state index is 9.08. The Hall–Kier alpha value is -3.66. The number of hydrogen-bond donors (Lipinski definition) is 3. The van der Waals surface area contributed by atoms with Gasteiger partial charge in [-0.05, 0) is 49.1 Å². The number of anilines is 2. The van der Waals surface area contributed by atoms with Gasteiger partial charge >= 0.3 is 0 Å². The van der Waals surface area contributed by atoms with Gasteiger partial charge in [0, 0.05) is 23.1 Å². The number of aromatic nitrogens is 2. The number of nitriles is 1. The van der Waals surface area contributed by atoms with E-state index in [2.05, 4.69) is 21.5 Å². The first kappa shape index (κ1) is 16.8. The van der Waals surface area contributed by atoms with Crippen molar-refractivity contribution in [1.29, 1.82) is 10.7 Å². The molecule has 4 rings (SSSR count). The summed E-state index contributed by atoms with van der Waals surface area (Å²) in [6, 6.07) is 9.68. The van der Waals surface area contributed by atoms with Crippen molar-refractivity contribution in [2.24, 2.45) is 0 Å². The van der Waals surface area contributed by atoms with E-state index < -0.39 is 0 Å². The number of nitrogen functional groups attached to an aromatic ring is 1. The van der Waals surface area contributed by atoms with Gasteiger partial charge in [-0.2, -0.15) is 5.26 Å². The molecule has 2 aromatic heterocycles. The molecule has 27 heavy (non-hydrogen) atoms. The summed E-state index contributed by atoms with van der Waals surface area (Å²) in [5, 5.41) is 24.6. The minimum atomic E-state index is 0.0581.